The Morgan fingerprint density at radius 1 is 1.19 bits per heavy atom. The molecule has 0 aliphatic rings. The van der Waals surface area contributed by atoms with Gasteiger partial charge in [-0.3, -0.25) is 19.0 Å². The summed E-state index contributed by atoms with van der Waals surface area (Å²) < 4.78 is 11.8. The molecule has 0 spiro atoms. The number of hydrogen-bond acceptors (Lipinski definition) is 7. The quantitative estimate of drug-likeness (QED) is 0.177. The summed E-state index contributed by atoms with van der Waals surface area (Å²) in [6, 6.07) is 13.5. The lowest BCUT2D eigenvalue weighted by molar-refractivity contribution is -0.113. The minimum Gasteiger partial charge on any atom is -0.467 e. The molecule has 2 heterocycles. The monoisotopic (exact) mass is 540 g/mol. The van der Waals surface area contributed by atoms with E-state index in [1.54, 1.807) is 49.6 Å². The summed E-state index contributed by atoms with van der Waals surface area (Å²) in [5, 5.41) is 6.78. The predicted octanol–water partition coefficient (Wildman–Crippen LogP) is 4.11. The van der Waals surface area contributed by atoms with Gasteiger partial charge >= 0.3 is 0 Å². The Hall–Kier alpha value is -3.60. The largest absolute Gasteiger partial charge is 0.467 e. The maximum atomic E-state index is 13.4. The molecule has 11 heteroatoms. The van der Waals surface area contributed by atoms with Gasteiger partial charge in [0.05, 0.1) is 36.1 Å². The van der Waals surface area contributed by atoms with Gasteiger partial charge in [-0.15, -0.1) is 0 Å². The number of aryl methyl sites for hydroxylation is 1. The predicted molar refractivity (Wildman–Crippen MR) is 144 cm³/mol. The smallest absolute Gasteiger partial charge is 0.262 e. The molecule has 0 aliphatic carbocycles. The summed E-state index contributed by atoms with van der Waals surface area (Å²) in [5.41, 5.74) is 1.89. The van der Waals surface area contributed by atoms with E-state index >= 15 is 0 Å². The Bertz CT molecular complexity index is 1490. The van der Waals surface area contributed by atoms with Crippen LogP contribution in [-0.4, -0.2) is 47.4 Å². The van der Waals surface area contributed by atoms with Crippen LogP contribution in [0.5, 0.6) is 0 Å². The topological polar surface area (TPSA) is 115 Å². The lowest BCUT2D eigenvalue weighted by atomic mass is 10.1. The van der Waals surface area contributed by atoms with E-state index in [0.717, 1.165) is 17.3 Å². The third-order valence-electron chi connectivity index (χ3n) is 5.46. The Morgan fingerprint density at radius 2 is 2.03 bits per heavy atom. The van der Waals surface area contributed by atoms with Gasteiger partial charge in [0.2, 0.25) is 5.91 Å². The third kappa shape index (κ3) is 6.59. The summed E-state index contributed by atoms with van der Waals surface area (Å²) in [4.78, 5) is 43.2. The molecule has 2 N–H and O–H groups in total. The summed E-state index contributed by atoms with van der Waals surface area (Å²) >= 11 is 7.27. The number of carbonyl (C=O) groups is 2. The number of fused-ring (bicyclic) bond motifs is 1. The van der Waals surface area contributed by atoms with Crippen LogP contribution in [0.25, 0.3) is 10.9 Å². The van der Waals surface area contributed by atoms with Crippen molar-refractivity contribution < 1.29 is 18.7 Å². The molecule has 9 nitrogen and oxygen atoms in total. The molecule has 0 radical (unpaired) electrons. The second-order valence-corrected chi connectivity index (χ2v) is 9.50. The van der Waals surface area contributed by atoms with E-state index in [4.69, 9.17) is 20.8 Å². The molecule has 0 saturated carbocycles. The van der Waals surface area contributed by atoms with Crippen LogP contribution in [-0.2, 0) is 16.1 Å². The molecule has 0 bridgehead atoms. The van der Waals surface area contributed by atoms with Gasteiger partial charge in [0.1, 0.15) is 5.76 Å². The van der Waals surface area contributed by atoms with Crippen LogP contribution in [0.1, 0.15) is 21.7 Å². The first-order valence-electron chi connectivity index (χ1n) is 11.4. The summed E-state index contributed by atoms with van der Waals surface area (Å²) in [6.07, 6.45) is 1.52. The zero-order valence-corrected chi connectivity index (χ0v) is 21.8. The van der Waals surface area contributed by atoms with Crippen molar-refractivity contribution in [3.8, 4) is 0 Å². The van der Waals surface area contributed by atoms with Crippen molar-refractivity contribution in [2.75, 3.05) is 31.3 Å². The highest BCUT2D eigenvalue weighted by Gasteiger charge is 2.17. The van der Waals surface area contributed by atoms with E-state index in [0.29, 0.717) is 51.2 Å². The van der Waals surface area contributed by atoms with Crippen molar-refractivity contribution in [1.82, 2.24) is 14.9 Å². The number of benzene rings is 2. The van der Waals surface area contributed by atoms with Gasteiger partial charge in [-0.25, -0.2) is 4.98 Å². The van der Waals surface area contributed by atoms with Gasteiger partial charge in [-0.05, 0) is 55.0 Å². The first-order valence-corrected chi connectivity index (χ1v) is 12.7. The molecule has 0 fully saturated rings. The SMILES string of the molecule is COCCNC(=O)c1ccc2c(=O)n(Cc3ccco3)c(SCC(=O)Nc3ccc(C)c(Cl)c3)nc2c1. The number of hydrogen-bond donors (Lipinski definition) is 2. The maximum Gasteiger partial charge on any atom is 0.262 e. The molecule has 0 unspecified atom stereocenters. The average Bonchev–Trinajstić information content (AvgIpc) is 3.40. The fraction of sp³-hybridized carbons (Fsp3) is 0.231. The highest BCUT2D eigenvalue weighted by molar-refractivity contribution is 7.99. The average molecular weight is 541 g/mol. The number of methoxy groups -OCH3 is 1. The number of halogens is 1. The van der Waals surface area contributed by atoms with Gasteiger partial charge < -0.3 is 19.8 Å². The maximum absolute atomic E-state index is 13.4. The summed E-state index contributed by atoms with van der Waals surface area (Å²) in [7, 11) is 1.55. The van der Waals surface area contributed by atoms with E-state index < -0.39 is 0 Å². The molecule has 4 aromatic rings. The number of rotatable bonds is 10. The van der Waals surface area contributed by atoms with Crippen LogP contribution in [0, 0.1) is 6.92 Å². The molecule has 192 valence electrons. The number of nitrogens with zero attached hydrogens (tertiary/aromatic N) is 2. The van der Waals surface area contributed by atoms with Crippen molar-refractivity contribution in [2.24, 2.45) is 0 Å². The van der Waals surface area contributed by atoms with Crippen molar-refractivity contribution >= 4 is 51.8 Å². The van der Waals surface area contributed by atoms with E-state index in [9.17, 15) is 14.4 Å². The molecule has 37 heavy (non-hydrogen) atoms. The first kappa shape index (κ1) is 26.5. The van der Waals surface area contributed by atoms with Gasteiger partial charge in [0.15, 0.2) is 5.16 Å². The second-order valence-electron chi connectivity index (χ2n) is 8.15. The van der Waals surface area contributed by atoms with Crippen molar-refractivity contribution in [1.29, 1.82) is 0 Å². The lowest BCUT2D eigenvalue weighted by Crippen LogP contribution is -2.27. The molecular formula is C26H25ClN4O5S. The highest BCUT2D eigenvalue weighted by Crippen LogP contribution is 2.22. The van der Waals surface area contributed by atoms with E-state index in [1.807, 2.05) is 13.0 Å². The summed E-state index contributed by atoms with van der Waals surface area (Å²) in [6.45, 7) is 2.76. The van der Waals surface area contributed by atoms with Crippen LogP contribution in [0.4, 0.5) is 5.69 Å². The zero-order valence-electron chi connectivity index (χ0n) is 20.2. The van der Waals surface area contributed by atoms with Crippen LogP contribution >= 0.6 is 23.4 Å². The number of thioether (sulfide) groups is 1. The third-order valence-corrected chi connectivity index (χ3v) is 6.84. The molecule has 2 amide bonds. The van der Waals surface area contributed by atoms with Crippen molar-refractivity contribution in [2.45, 2.75) is 18.6 Å². The molecule has 0 saturated heterocycles. The molecule has 0 atom stereocenters. The fourth-order valence-corrected chi connectivity index (χ4v) is 4.50. The Kier molecular flexibility index (Phi) is 8.65. The zero-order chi connectivity index (χ0) is 26.4. The highest BCUT2D eigenvalue weighted by atomic mass is 35.5. The molecule has 4 rings (SSSR count). The normalized spacial score (nSPS) is 11.0. The van der Waals surface area contributed by atoms with Gasteiger partial charge in [0, 0.05) is 29.9 Å². The Labute approximate surface area is 222 Å². The van der Waals surface area contributed by atoms with Crippen LogP contribution in [0.15, 0.2) is 69.2 Å². The molecule has 2 aromatic carbocycles. The van der Waals surface area contributed by atoms with Crippen LogP contribution in [0.2, 0.25) is 5.02 Å². The van der Waals surface area contributed by atoms with Crippen molar-refractivity contribution in [3.05, 3.63) is 87.1 Å². The second kappa shape index (κ2) is 12.1. The Morgan fingerprint density at radius 3 is 2.76 bits per heavy atom. The van der Waals surface area contributed by atoms with Gasteiger partial charge in [0.25, 0.3) is 11.5 Å². The van der Waals surface area contributed by atoms with Gasteiger partial charge in [-0.2, -0.15) is 0 Å². The summed E-state index contributed by atoms with van der Waals surface area (Å²) in [5.74, 6) is -0.0161. The number of ether oxygens (including phenoxy) is 1. The number of aromatic nitrogens is 2. The number of anilines is 1. The number of amides is 2. The van der Waals surface area contributed by atoms with Crippen LogP contribution in [0.3, 0.4) is 0 Å². The number of nitrogens with one attached hydrogen (secondary N) is 2. The fourth-order valence-electron chi connectivity index (χ4n) is 3.52. The number of furan rings is 1. The van der Waals surface area contributed by atoms with E-state index in [-0.39, 0.29) is 29.7 Å². The first-order chi connectivity index (χ1) is 17.9. The standard InChI is InChI=1S/C26H25ClN4O5S/c1-16-5-7-18(13-21(16)27)29-23(32)15-37-26-30-22-12-17(24(33)28-9-11-35-2)6-8-20(22)25(34)31(26)14-19-4-3-10-36-19/h3-8,10,12-13H,9,11,14-15H2,1-2H3,(H,28,33)(H,29,32). The molecule has 2 aromatic heterocycles. The van der Waals surface area contributed by atoms with Gasteiger partial charge in [-0.1, -0.05) is 29.4 Å². The molecule has 0 aliphatic heterocycles. The Balaban J connectivity index is 1.61. The van der Waals surface area contributed by atoms with E-state index in [1.165, 1.54) is 10.8 Å². The van der Waals surface area contributed by atoms with Crippen molar-refractivity contribution in [3.63, 3.8) is 0 Å². The number of carbonyl (C=O) groups excluding carboxylic acids is 2. The molecular weight excluding hydrogens is 516 g/mol. The minimum atomic E-state index is -0.305. The minimum absolute atomic E-state index is 0.00120. The van der Waals surface area contributed by atoms with E-state index in [2.05, 4.69) is 15.6 Å². The lowest BCUT2D eigenvalue weighted by Gasteiger charge is -2.13. The van der Waals surface area contributed by atoms with Crippen LogP contribution < -0.4 is 16.2 Å².